The average molecular weight is 483 g/mol. The first-order valence-electron chi connectivity index (χ1n) is 11.9. The average Bonchev–Trinajstić information content (AvgIpc) is 3.39. The molecule has 0 saturated carbocycles. The van der Waals surface area contributed by atoms with Crippen molar-refractivity contribution in [3.05, 3.63) is 107 Å². The van der Waals surface area contributed by atoms with E-state index in [1.165, 1.54) is 28.2 Å². The fourth-order valence-electron chi connectivity index (χ4n) is 5.20. The van der Waals surface area contributed by atoms with Crippen LogP contribution in [0.4, 0.5) is 5.69 Å². The fraction of sp³-hybridized carbons (Fsp3) is 0.241. The van der Waals surface area contributed by atoms with Gasteiger partial charge in [-0.2, -0.15) is 0 Å². The molecule has 0 bridgehead atoms. The second-order valence-corrected chi connectivity index (χ2v) is 9.23. The van der Waals surface area contributed by atoms with Crippen molar-refractivity contribution in [2.24, 2.45) is 0 Å². The van der Waals surface area contributed by atoms with Crippen LogP contribution in [0.3, 0.4) is 0 Å². The molecule has 3 heterocycles. The number of aryl methyl sites for hydroxylation is 2. The van der Waals surface area contributed by atoms with E-state index in [4.69, 9.17) is 21.9 Å². The van der Waals surface area contributed by atoms with Crippen molar-refractivity contribution in [2.75, 3.05) is 12.0 Å². The van der Waals surface area contributed by atoms with Gasteiger partial charge in [0.15, 0.2) is 5.11 Å². The van der Waals surface area contributed by atoms with E-state index >= 15 is 0 Å². The number of anilines is 1. The van der Waals surface area contributed by atoms with E-state index in [0.29, 0.717) is 5.11 Å². The topological polar surface area (TPSA) is 42.3 Å². The third-order valence-electron chi connectivity index (χ3n) is 6.83. The zero-order chi connectivity index (χ0) is 24.5. The van der Waals surface area contributed by atoms with Crippen LogP contribution < -0.4 is 15.0 Å². The van der Waals surface area contributed by atoms with Crippen molar-refractivity contribution in [1.82, 2.24) is 14.9 Å². The monoisotopic (exact) mass is 482 g/mol. The molecule has 6 heteroatoms. The van der Waals surface area contributed by atoms with Crippen LogP contribution in [0, 0.1) is 13.8 Å². The van der Waals surface area contributed by atoms with Crippen molar-refractivity contribution in [3.8, 4) is 11.4 Å². The molecule has 1 aliphatic heterocycles. The number of rotatable bonds is 6. The number of nitrogens with one attached hydrogen (secondary N) is 1. The van der Waals surface area contributed by atoms with E-state index in [0.717, 1.165) is 23.6 Å². The van der Waals surface area contributed by atoms with Crippen LogP contribution in [0.5, 0.6) is 5.75 Å². The zero-order valence-corrected chi connectivity index (χ0v) is 21.3. The maximum atomic E-state index is 5.91. The Labute approximate surface area is 212 Å². The summed E-state index contributed by atoms with van der Waals surface area (Å²) in [5.41, 5.74) is 8.13. The van der Waals surface area contributed by atoms with E-state index in [1.807, 2.05) is 36.5 Å². The highest BCUT2D eigenvalue weighted by Gasteiger charge is 2.42. The van der Waals surface area contributed by atoms with Crippen LogP contribution in [0.2, 0.25) is 0 Å². The summed E-state index contributed by atoms with van der Waals surface area (Å²) in [6, 6.07) is 24.9. The molecule has 5 rings (SSSR count). The number of thiocarbonyl (C=S) groups is 1. The molecule has 4 aromatic rings. The van der Waals surface area contributed by atoms with Crippen molar-refractivity contribution in [2.45, 2.75) is 39.3 Å². The zero-order valence-electron chi connectivity index (χ0n) is 20.5. The second-order valence-electron chi connectivity index (χ2n) is 8.84. The van der Waals surface area contributed by atoms with Crippen LogP contribution in [-0.4, -0.2) is 21.8 Å². The summed E-state index contributed by atoms with van der Waals surface area (Å²) in [5.74, 6) is 0.799. The Morgan fingerprint density at radius 3 is 2.54 bits per heavy atom. The molecule has 0 radical (unpaired) electrons. The predicted molar refractivity (Wildman–Crippen MR) is 146 cm³/mol. The van der Waals surface area contributed by atoms with Crippen LogP contribution in [-0.2, 0) is 6.42 Å². The summed E-state index contributed by atoms with van der Waals surface area (Å²) in [5, 5.41) is 4.25. The van der Waals surface area contributed by atoms with Crippen LogP contribution in [0.15, 0.2) is 79.0 Å². The van der Waals surface area contributed by atoms with Crippen LogP contribution in [0.1, 0.15) is 47.2 Å². The van der Waals surface area contributed by atoms with Crippen molar-refractivity contribution in [3.63, 3.8) is 0 Å². The normalized spacial score (nSPS) is 17.5. The molecule has 2 aromatic carbocycles. The second kappa shape index (κ2) is 9.55. The lowest BCUT2D eigenvalue weighted by atomic mass is 9.96. The summed E-state index contributed by atoms with van der Waals surface area (Å²) < 4.78 is 7.90. The van der Waals surface area contributed by atoms with E-state index < -0.39 is 0 Å². The molecule has 1 saturated heterocycles. The lowest BCUT2D eigenvalue weighted by molar-refractivity contribution is 0.415. The minimum atomic E-state index is -0.0923. The lowest BCUT2D eigenvalue weighted by Crippen LogP contribution is -2.29. The highest BCUT2D eigenvalue weighted by Crippen LogP contribution is 2.44. The molecule has 0 unspecified atom stereocenters. The smallest absolute Gasteiger partial charge is 0.174 e. The molecule has 0 aliphatic carbocycles. The summed E-state index contributed by atoms with van der Waals surface area (Å²) in [6.45, 7) is 6.58. The minimum absolute atomic E-state index is 0.0711. The molecule has 35 heavy (non-hydrogen) atoms. The SMILES string of the molecule is CCc1ccccc1-n1c(C)cc([C@@H]2[C@H](c3ccccn3)NC(=S)N2c2cccc(OC)c2)c1C. The summed E-state index contributed by atoms with van der Waals surface area (Å²) in [7, 11) is 1.69. The van der Waals surface area contributed by atoms with Gasteiger partial charge >= 0.3 is 0 Å². The quantitative estimate of drug-likeness (QED) is 0.330. The number of hydrogen-bond acceptors (Lipinski definition) is 3. The molecular formula is C29H30N4OS. The van der Waals surface area contributed by atoms with Gasteiger partial charge in [0.25, 0.3) is 0 Å². The molecule has 178 valence electrons. The molecule has 2 aromatic heterocycles. The largest absolute Gasteiger partial charge is 0.497 e. The van der Waals surface area contributed by atoms with Gasteiger partial charge in [0.05, 0.1) is 24.9 Å². The van der Waals surface area contributed by atoms with E-state index in [9.17, 15) is 0 Å². The summed E-state index contributed by atoms with van der Waals surface area (Å²) in [4.78, 5) is 6.90. The van der Waals surface area contributed by atoms with E-state index in [1.54, 1.807) is 7.11 Å². The number of nitrogens with zero attached hydrogens (tertiary/aromatic N) is 3. The first kappa shape index (κ1) is 23.1. The van der Waals surface area contributed by atoms with Gasteiger partial charge in [-0.3, -0.25) is 4.98 Å². The Bertz CT molecular complexity index is 1360. The maximum absolute atomic E-state index is 5.91. The fourth-order valence-corrected chi connectivity index (χ4v) is 5.54. The summed E-state index contributed by atoms with van der Waals surface area (Å²) in [6.07, 6.45) is 2.82. The van der Waals surface area contributed by atoms with Crippen LogP contribution >= 0.6 is 12.2 Å². The third-order valence-corrected chi connectivity index (χ3v) is 7.15. The first-order chi connectivity index (χ1) is 17.0. The number of para-hydroxylation sites is 1. The Morgan fingerprint density at radius 1 is 1.00 bits per heavy atom. The summed E-state index contributed by atoms with van der Waals surface area (Å²) >= 11 is 5.91. The Morgan fingerprint density at radius 2 is 1.80 bits per heavy atom. The Balaban J connectivity index is 1.70. The molecule has 1 aliphatic rings. The predicted octanol–water partition coefficient (Wildman–Crippen LogP) is 6.24. The van der Waals surface area contributed by atoms with E-state index in [2.05, 4.69) is 78.0 Å². The number of hydrogen-bond donors (Lipinski definition) is 1. The molecule has 0 amide bonds. The van der Waals surface area contributed by atoms with Crippen LogP contribution in [0.25, 0.3) is 5.69 Å². The molecule has 0 spiro atoms. The van der Waals surface area contributed by atoms with Gasteiger partial charge in [0.1, 0.15) is 5.75 Å². The van der Waals surface area contributed by atoms with Gasteiger partial charge in [-0.15, -0.1) is 0 Å². The van der Waals surface area contributed by atoms with Gasteiger partial charge in [-0.05, 0) is 80.0 Å². The van der Waals surface area contributed by atoms with Crippen molar-refractivity contribution < 1.29 is 4.74 Å². The van der Waals surface area contributed by atoms with Gasteiger partial charge in [0.2, 0.25) is 0 Å². The van der Waals surface area contributed by atoms with Crippen molar-refractivity contribution >= 4 is 23.0 Å². The maximum Gasteiger partial charge on any atom is 0.174 e. The van der Waals surface area contributed by atoms with Gasteiger partial charge in [0, 0.05) is 35.0 Å². The number of benzene rings is 2. The molecule has 2 atom stereocenters. The lowest BCUT2D eigenvalue weighted by Gasteiger charge is -2.28. The Kier molecular flexibility index (Phi) is 6.31. The molecular weight excluding hydrogens is 452 g/mol. The highest BCUT2D eigenvalue weighted by molar-refractivity contribution is 7.80. The van der Waals surface area contributed by atoms with Gasteiger partial charge in [-0.1, -0.05) is 37.3 Å². The molecule has 1 N–H and O–H groups in total. The minimum Gasteiger partial charge on any atom is -0.497 e. The van der Waals surface area contributed by atoms with Gasteiger partial charge in [-0.25, -0.2) is 0 Å². The molecule has 1 fully saturated rings. The Hall–Kier alpha value is -3.64. The first-order valence-corrected chi connectivity index (χ1v) is 12.4. The van der Waals surface area contributed by atoms with E-state index in [-0.39, 0.29) is 12.1 Å². The highest BCUT2D eigenvalue weighted by atomic mass is 32.1. The number of aromatic nitrogens is 2. The number of ether oxygens (including phenoxy) is 1. The van der Waals surface area contributed by atoms with Gasteiger partial charge < -0.3 is 19.5 Å². The van der Waals surface area contributed by atoms with Crippen molar-refractivity contribution in [1.29, 1.82) is 0 Å². The standard InChI is InChI=1S/C29H30N4OS/c1-5-21-11-6-7-15-26(21)32-19(2)17-24(20(32)3)28-27(25-14-8-9-16-30-25)31-29(35)33(28)22-12-10-13-23(18-22)34-4/h6-18,27-28H,5H2,1-4H3,(H,31,35)/t27-,28+/m0/s1. The number of methoxy groups -OCH3 is 1. The number of pyridine rings is 1. The molecule has 5 nitrogen and oxygen atoms in total. The third kappa shape index (κ3) is 4.08.